The molecule has 1 aromatic heterocycles. The normalized spacial score (nSPS) is 27.8. The van der Waals surface area contributed by atoms with Crippen LogP contribution in [0.3, 0.4) is 0 Å². The lowest BCUT2D eigenvalue weighted by Crippen LogP contribution is -2.34. The van der Waals surface area contributed by atoms with Gasteiger partial charge >= 0.3 is 0 Å². The second-order valence-corrected chi connectivity index (χ2v) is 3.49. The molecule has 2 rings (SSSR count). The van der Waals surface area contributed by atoms with Gasteiger partial charge in [-0.2, -0.15) is 0 Å². The average Bonchev–Trinajstić information content (AvgIpc) is 2.54. The molecule has 1 unspecified atom stereocenters. The first-order chi connectivity index (χ1) is 6.29. The Morgan fingerprint density at radius 1 is 1.46 bits per heavy atom. The predicted molar refractivity (Wildman–Crippen MR) is 48.2 cm³/mol. The molecule has 2 heterocycles. The minimum absolute atomic E-state index is 0.542. The van der Waals surface area contributed by atoms with Gasteiger partial charge in [0.25, 0.3) is 0 Å². The molecule has 1 aliphatic heterocycles. The Morgan fingerprint density at radius 2 is 2.23 bits per heavy atom. The van der Waals surface area contributed by atoms with Crippen LogP contribution < -0.4 is 5.32 Å². The van der Waals surface area contributed by atoms with Gasteiger partial charge < -0.3 is 10.4 Å². The lowest BCUT2D eigenvalue weighted by Gasteiger charge is -2.19. The number of nitrogens with zero attached hydrogens (tertiary/aromatic N) is 2. The fraction of sp³-hybridized carbons (Fsp3) is 0.556. The number of nitrogens with one attached hydrogen (secondary N) is 1. The molecular weight excluding hydrogens is 166 g/mol. The molecular formula is C9H13N3O. The topological polar surface area (TPSA) is 58.0 Å². The number of aliphatic hydroxyl groups is 1. The highest BCUT2D eigenvalue weighted by Crippen LogP contribution is 2.17. The van der Waals surface area contributed by atoms with Crippen molar-refractivity contribution in [3.63, 3.8) is 0 Å². The fourth-order valence-electron chi connectivity index (χ4n) is 1.60. The quantitative estimate of drug-likeness (QED) is 0.657. The Balaban J connectivity index is 2.05. The third-order valence-corrected chi connectivity index (χ3v) is 2.33. The number of β-amino-alcohol motifs (C(OH)–C–C–N with tert-alkyl or cyclic N) is 1. The van der Waals surface area contributed by atoms with E-state index < -0.39 is 5.60 Å². The molecule has 1 atom stereocenters. The van der Waals surface area contributed by atoms with E-state index in [1.54, 1.807) is 18.5 Å². The van der Waals surface area contributed by atoms with Gasteiger partial charge in [0.2, 0.25) is 0 Å². The number of hydrogen-bond donors (Lipinski definition) is 2. The van der Waals surface area contributed by atoms with Gasteiger partial charge in [-0.05, 0) is 19.0 Å². The van der Waals surface area contributed by atoms with Gasteiger partial charge in [0.15, 0.2) is 0 Å². The Kier molecular flexibility index (Phi) is 2.24. The molecule has 0 aliphatic carbocycles. The third-order valence-electron chi connectivity index (χ3n) is 2.33. The highest BCUT2D eigenvalue weighted by atomic mass is 16.3. The molecule has 0 bridgehead atoms. The zero-order valence-corrected chi connectivity index (χ0v) is 7.40. The Bertz CT molecular complexity index is 269. The molecule has 13 heavy (non-hydrogen) atoms. The van der Waals surface area contributed by atoms with Gasteiger partial charge in [-0.25, -0.2) is 9.97 Å². The van der Waals surface area contributed by atoms with Crippen LogP contribution in [0, 0.1) is 0 Å². The summed E-state index contributed by atoms with van der Waals surface area (Å²) in [5.41, 5.74) is -0.638. The van der Waals surface area contributed by atoms with E-state index in [0.717, 1.165) is 13.0 Å². The highest BCUT2D eigenvalue weighted by molar-refractivity contribution is 4.99. The van der Waals surface area contributed by atoms with Crippen molar-refractivity contribution in [2.75, 3.05) is 13.1 Å². The zero-order chi connectivity index (χ0) is 9.15. The van der Waals surface area contributed by atoms with Crippen LogP contribution in [0.15, 0.2) is 18.5 Å². The summed E-state index contributed by atoms with van der Waals surface area (Å²) >= 11 is 0. The Hall–Kier alpha value is -1.00. The van der Waals surface area contributed by atoms with Gasteiger partial charge in [0.1, 0.15) is 5.82 Å². The first kappa shape index (κ1) is 8.59. The van der Waals surface area contributed by atoms with Crippen LogP contribution in [0.4, 0.5) is 0 Å². The summed E-state index contributed by atoms with van der Waals surface area (Å²) in [6.07, 6.45) is 4.73. The first-order valence-corrected chi connectivity index (χ1v) is 4.48. The van der Waals surface area contributed by atoms with Crippen LogP contribution in [0.1, 0.15) is 12.2 Å². The van der Waals surface area contributed by atoms with Crippen molar-refractivity contribution in [1.82, 2.24) is 15.3 Å². The van der Waals surface area contributed by atoms with E-state index in [1.807, 2.05) is 0 Å². The molecule has 1 aliphatic rings. The van der Waals surface area contributed by atoms with Crippen molar-refractivity contribution in [3.8, 4) is 0 Å². The minimum Gasteiger partial charge on any atom is -0.388 e. The van der Waals surface area contributed by atoms with Crippen LogP contribution in [-0.2, 0) is 6.42 Å². The summed E-state index contributed by atoms with van der Waals surface area (Å²) in [7, 11) is 0. The maximum absolute atomic E-state index is 10.0. The van der Waals surface area contributed by atoms with Crippen LogP contribution in [0.5, 0.6) is 0 Å². The number of aromatic nitrogens is 2. The van der Waals surface area contributed by atoms with E-state index in [2.05, 4.69) is 15.3 Å². The Morgan fingerprint density at radius 3 is 2.85 bits per heavy atom. The molecule has 1 saturated heterocycles. The summed E-state index contributed by atoms with van der Waals surface area (Å²) in [4.78, 5) is 8.18. The monoisotopic (exact) mass is 179 g/mol. The molecule has 0 amide bonds. The third kappa shape index (κ3) is 2.02. The van der Waals surface area contributed by atoms with E-state index in [4.69, 9.17) is 0 Å². The minimum atomic E-state index is -0.638. The van der Waals surface area contributed by atoms with Gasteiger partial charge in [-0.3, -0.25) is 0 Å². The first-order valence-electron chi connectivity index (χ1n) is 4.48. The van der Waals surface area contributed by atoms with Crippen LogP contribution >= 0.6 is 0 Å². The zero-order valence-electron chi connectivity index (χ0n) is 7.40. The van der Waals surface area contributed by atoms with Crippen LogP contribution in [0.25, 0.3) is 0 Å². The molecule has 0 aromatic carbocycles. The maximum atomic E-state index is 10.0. The summed E-state index contributed by atoms with van der Waals surface area (Å²) in [6.45, 7) is 1.52. The summed E-state index contributed by atoms with van der Waals surface area (Å²) in [5, 5.41) is 13.1. The van der Waals surface area contributed by atoms with Crippen LogP contribution in [0.2, 0.25) is 0 Å². The standard InChI is InChI=1S/C9H13N3O/c13-9(2-5-10-7-9)6-8-11-3-1-4-12-8/h1,3-4,10,13H,2,5-7H2. The van der Waals surface area contributed by atoms with Crippen LogP contribution in [-0.4, -0.2) is 33.8 Å². The van der Waals surface area contributed by atoms with E-state index in [-0.39, 0.29) is 0 Å². The largest absolute Gasteiger partial charge is 0.388 e. The molecule has 2 N–H and O–H groups in total. The molecule has 4 heteroatoms. The van der Waals surface area contributed by atoms with E-state index >= 15 is 0 Å². The molecule has 0 spiro atoms. The maximum Gasteiger partial charge on any atom is 0.131 e. The molecule has 1 fully saturated rings. The Labute approximate surface area is 77.0 Å². The van der Waals surface area contributed by atoms with E-state index in [1.165, 1.54) is 0 Å². The average molecular weight is 179 g/mol. The van der Waals surface area contributed by atoms with Crippen molar-refractivity contribution >= 4 is 0 Å². The van der Waals surface area contributed by atoms with Gasteiger partial charge in [-0.1, -0.05) is 0 Å². The van der Waals surface area contributed by atoms with Gasteiger partial charge in [0.05, 0.1) is 5.60 Å². The predicted octanol–water partition coefficient (Wildman–Crippen LogP) is -0.257. The SMILES string of the molecule is OC1(Cc2ncccn2)CCNC1. The summed E-state index contributed by atoms with van der Waals surface area (Å²) in [6, 6.07) is 1.78. The van der Waals surface area contributed by atoms with E-state index in [0.29, 0.717) is 18.8 Å². The number of rotatable bonds is 2. The van der Waals surface area contributed by atoms with Crippen molar-refractivity contribution in [2.24, 2.45) is 0 Å². The molecule has 4 nitrogen and oxygen atoms in total. The van der Waals surface area contributed by atoms with Gasteiger partial charge in [-0.15, -0.1) is 0 Å². The molecule has 0 saturated carbocycles. The smallest absolute Gasteiger partial charge is 0.131 e. The summed E-state index contributed by atoms with van der Waals surface area (Å²) in [5.74, 6) is 0.716. The van der Waals surface area contributed by atoms with Crippen molar-refractivity contribution in [1.29, 1.82) is 0 Å². The highest BCUT2D eigenvalue weighted by Gasteiger charge is 2.31. The lowest BCUT2D eigenvalue weighted by molar-refractivity contribution is 0.0598. The number of hydrogen-bond acceptors (Lipinski definition) is 4. The van der Waals surface area contributed by atoms with Crippen molar-refractivity contribution in [2.45, 2.75) is 18.4 Å². The molecule has 70 valence electrons. The second kappa shape index (κ2) is 3.40. The van der Waals surface area contributed by atoms with Gasteiger partial charge in [0, 0.05) is 25.4 Å². The molecule has 0 radical (unpaired) electrons. The van der Waals surface area contributed by atoms with E-state index in [9.17, 15) is 5.11 Å². The fourth-order valence-corrected chi connectivity index (χ4v) is 1.60. The molecule has 1 aromatic rings. The van der Waals surface area contributed by atoms with Crippen molar-refractivity contribution in [3.05, 3.63) is 24.3 Å². The summed E-state index contributed by atoms with van der Waals surface area (Å²) < 4.78 is 0. The lowest BCUT2D eigenvalue weighted by atomic mass is 9.99. The second-order valence-electron chi connectivity index (χ2n) is 3.49. The van der Waals surface area contributed by atoms with Crippen molar-refractivity contribution < 1.29 is 5.11 Å².